The number of nitrogens with zero attached hydrogens (tertiary/aromatic N) is 2. The molecular weight excluding hydrogens is 198 g/mol. The first-order valence-corrected chi connectivity index (χ1v) is 6.48. The summed E-state index contributed by atoms with van der Waals surface area (Å²) in [6, 6.07) is 0.638. The minimum absolute atomic E-state index is 0.638. The van der Waals surface area contributed by atoms with Gasteiger partial charge < -0.3 is 5.73 Å². The van der Waals surface area contributed by atoms with Crippen molar-refractivity contribution in [2.75, 3.05) is 6.54 Å². The van der Waals surface area contributed by atoms with Gasteiger partial charge in [0.05, 0.1) is 11.7 Å². The number of nitrogens with two attached hydrogens (primary N) is 1. The Balaban J connectivity index is 2.23. The Morgan fingerprint density at radius 3 is 2.56 bits per heavy atom. The first-order valence-electron chi connectivity index (χ1n) is 6.48. The van der Waals surface area contributed by atoms with Gasteiger partial charge in [-0.15, -0.1) is 0 Å². The van der Waals surface area contributed by atoms with Crippen molar-refractivity contribution in [1.82, 2.24) is 9.78 Å². The number of hydrogen-bond donors (Lipinski definition) is 1. The van der Waals surface area contributed by atoms with Crippen LogP contribution in [0.15, 0.2) is 0 Å². The van der Waals surface area contributed by atoms with E-state index in [4.69, 9.17) is 10.8 Å². The summed E-state index contributed by atoms with van der Waals surface area (Å²) in [6.07, 6.45) is 7.66. The zero-order chi connectivity index (χ0) is 11.5. The molecule has 1 fully saturated rings. The van der Waals surface area contributed by atoms with Gasteiger partial charge in [-0.2, -0.15) is 5.10 Å². The van der Waals surface area contributed by atoms with Crippen LogP contribution in [0.5, 0.6) is 0 Å². The zero-order valence-electron chi connectivity index (χ0n) is 10.5. The molecule has 0 bridgehead atoms. The third-order valence-corrected chi connectivity index (χ3v) is 3.79. The van der Waals surface area contributed by atoms with Crippen LogP contribution in [0.2, 0.25) is 0 Å². The van der Waals surface area contributed by atoms with Gasteiger partial charge in [0.2, 0.25) is 0 Å². The molecule has 1 saturated carbocycles. The molecule has 1 heterocycles. The highest BCUT2D eigenvalue weighted by Gasteiger charge is 2.20. The summed E-state index contributed by atoms with van der Waals surface area (Å²) < 4.78 is 2.26. The lowest BCUT2D eigenvalue weighted by Crippen LogP contribution is -2.15. The van der Waals surface area contributed by atoms with E-state index >= 15 is 0 Å². The molecule has 0 amide bonds. The molecule has 0 unspecified atom stereocenters. The molecule has 0 aliphatic heterocycles. The molecule has 90 valence electrons. The Morgan fingerprint density at radius 2 is 1.94 bits per heavy atom. The predicted molar refractivity (Wildman–Crippen MR) is 66.6 cm³/mol. The zero-order valence-corrected chi connectivity index (χ0v) is 10.5. The van der Waals surface area contributed by atoms with Crippen LogP contribution in [0, 0.1) is 13.8 Å². The van der Waals surface area contributed by atoms with Gasteiger partial charge in [0.15, 0.2) is 0 Å². The summed E-state index contributed by atoms with van der Waals surface area (Å²) in [5.41, 5.74) is 9.53. The van der Waals surface area contributed by atoms with Crippen molar-refractivity contribution < 1.29 is 0 Å². The molecule has 1 aromatic rings. The average molecular weight is 221 g/mol. The second-order valence-corrected chi connectivity index (χ2v) is 4.92. The van der Waals surface area contributed by atoms with Gasteiger partial charge in [-0.25, -0.2) is 0 Å². The van der Waals surface area contributed by atoms with Crippen molar-refractivity contribution in [3.8, 4) is 0 Å². The maximum atomic E-state index is 5.65. The van der Waals surface area contributed by atoms with Crippen LogP contribution < -0.4 is 5.73 Å². The van der Waals surface area contributed by atoms with E-state index < -0.39 is 0 Å². The fraction of sp³-hybridized carbons (Fsp3) is 0.769. The summed E-state index contributed by atoms with van der Waals surface area (Å²) in [5.74, 6) is 0. The third-order valence-electron chi connectivity index (χ3n) is 3.79. The van der Waals surface area contributed by atoms with Crippen molar-refractivity contribution in [1.29, 1.82) is 0 Å². The minimum Gasteiger partial charge on any atom is -0.330 e. The van der Waals surface area contributed by atoms with Crippen LogP contribution in [-0.2, 0) is 6.42 Å². The minimum atomic E-state index is 0.638. The smallest absolute Gasteiger partial charge is 0.0629 e. The summed E-state index contributed by atoms with van der Waals surface area (Å²) in [6.45, 7) is 5.02. The van der Waals surface area contributed by atoms with Crippen LogP contribution in [0.3, 0.4) is 0 Å². The van der Waals surface area contributed by atoms with E-state index in [2.05, 4.69) is 18.5 Å². The van der Waals surface area contributed by atoms with Crippen molar-refractivity contribution in [3.63, 3.8) is 0 Å². The molecule has 1 aromatic heterocycles. The molecule has 16 heavy (non-hydrogen) atoms. The molecule has 3 heteroatoms. The summed E-state index contributed by atoms with van der Waals surface area (Å²) in [4.78, 5) is 0. The molecule has 0 spiro atoms. The highest BCUT2D eigenvalue weighted by atomic mass is 15.3. The lowest BCUT2D eigenvalue weighted by atomic mass is 9.95. The fourth-order valence-electron chi connectivity index (χ4n) is 2.88. The van der Waals surface area contributed by atoms with Gasteiger partial charge in [-0.05, 0) is 45.2 Å². The summed E-state index contributed by atoms with van der Waals surface area (Å²) >= 11 is 0. The summed E-state index contributed by atoms with van der Waals surface area (Å²) in [7, 11) is 0. The second-order valence-electron chi connectivity index (χ2n) is 4.92. The Bertz CT molecular complexity index is 348. The Hall–Kier alpha value is -0.830. The quantitative estimate of drug-likeness (QED) is 0.852. The monoisotopic (exact) mass is 221 g/mol. The Labute approximate surface area is 98.0 Å². The normalized spacial score (nSPS) is 17.9. The fourth-order valence-corrected chi connectivity index (χ4v) is 2.88. The van der Waals surface area contributed by atoms with Crippen LogP contribution in [-0.4, -0.2) is 16.3 Å². The largest absolute Gasteiger partial charge is 0.330 e. The highest BCUT2D eigenvalue weighted by molar-refractivity contribution is 5.25. The molecule has 3 nitrogen and oxygen atoms in total. The van der Waals surface area contributed by atoms with Gasteiger partial charge in [0.25, 0.3) is 0 Å². The third kappa shape index (κ3) is 2.14. The van der Waals surface area contributed by atoms with Gasteiger partial charge in [-0.3, -0.25) is 4.68 Å². The molecule has 2 rings (SSSR count). The lowest BCUT2D eigenvalue weighted by Gasteiger charge is -2.23. The van der Waals surface area contributed by atoms with E-state index in [1.165, 1.54) is 49.1 Å². The van der Waals surface area contributed by atoms with E-state index in [0.29, 0.717) is 6.04 Å². The Kier molecular flexibility index (Phi) is 3.64. The van der Waals surface area contributed by atoms with Gasteiger partial charge in [-0.1, -0.05) is 19.3 Å². The van der Waals surface area contributed by atoms with E-state index in [0.717, 1.165) is 13.0 Å². The van der Waals surface area contributed by atoms with Crippen LogP contribution in [0.1, 0.15) is 55.1 Å². The van der Waals surface area contributed by atoms with Crippen molar-refractivity contribution >= 4 is 0 Å². The molecule has 0 radical (unpaired) electrons. The van der Waals surface area contributed by atoms with E-state index in [9.17, 15) is 0 Å². The van der Waals surface area contributed by atoms with Crippen molar-refractivity contribution in [2.45, 2.75) is 58.4 Å². The number of aromatic nitrogens is 2. The number of aryl methyl sites for hydroxylation is 1. The molecule has 1 aliphatic carbocycles. The second kappa shape index (κ2) is 5.00. The van der Waals surface area contributed by atoms with E-state index in [1.807, 2.05) is 0 Å². The molecule has 1 aliphatic rings. The SMILES string of the molecule is Cc1nn(C2CCCCC2)c(C)c1CCN. The lowest BCUT2D eigenvalue weighted by molar-refractivity contribution is 0.324. The molecule has 2 N–H and O–H groups in total. The van der Waals surface area contributed by atoms with Crippen LogP contribution in [0.25, 0.3) is 0 Å². The number of rotatable bonds is 3. The maximum absolute atomic E-state index is 5.65. The number of hydrogen-bond acceptors (Lipinski definition) is 2. The van der Waals surface area contributed by atoms with E-state index in [1.54, 1.807) is 0 Å². The van der Waals surface area contributed by atoms with E-state index in [-0.39, 0.29) is 0 Å². The first kappa shape index (κ1) is 11.6. The van der Waals surface area contributed by atoms with Gasteiger partial charge in [0, 0.05) is 5.69 Å². The van der Waals surface area contributed by atoms with Crippen LogP contribution >= 0.6 is 0 Å². The first-order chi connectivity index (χ1) is 7.74. The molecular formula is C13H23N3. The van der Waals surface area contributed by atoms with Gasteiger partial charge >= 0.3 is 0 Å². The maximum Gasteiger partial charge on any atom is 0.0629 e. The topological polar surface area (TPSA) is 43.8 Å². The average Bonchev–Trinajstić information content (AvgIpc) is 2.59. The Morgan fingerprint density at radius 1 is 1.25 bits per heavy atom. The van der Waals surface area contributed by atoms with Crippen molar-refractivity contribution in [2.24, 2.45) is 5.73 Å². The molecule has 0 saturated heterocycles. The standard InChI is InChI=1S/C13H23N3/c1-10-13(8-9-14)11(2)16(15-10)12-6-4-3-5-7-12/h12H,3-9,14H2,1-2H3. The summed E-state index contributed by atoms with van der Waals surface area (Å²) in [5, 5.41) is 4.71. The van der Waals surface area contributed by atoms with Crippen LogP contribution in [0.4, 0.5) is 0 Å². The van der Waals surface area contributed by atoms with Gasteiger partial charge in [0.1, 0.15) is 0 Å². The predicted octanol–water partition coefficient (Wildman–Crippen LogP) is 2.51. The molecule has 0 aromatic carbocycles. The molecule has 0 atom stereocenters. The van der Waals surface area contributed by atoms with Crippen molar-refractivity contribution in [3.05, 3.63) is 17.0 Å². The highest BCUT2D eigenvalue weighted by Crippen LogP contribution is 2.30.